The summed E-state index contributed by atoms with van der Waals surface area (Å²) in [7, 11) is 1.77. The van der Waals surface area contributed by atoms with E-state index in [-0.39, 0.29) is 5.02 Å². The number of carbonyl (C=O) groups excluding carboxylic acids is 2. The highest BCUT2D eigenvalue weighted by Crippen LogP contribution is 2.37. The third-order valence-electron chi connectivity index (χ3n) is 4.76. The Morgan fingerprint density at radius 1 is 0.759 bits per heavy atom. The number of anilines is 2. The third-order valence-corrected chi connectivity index (χ3v) is 5.50. The minimum absolute atomic E-state index is 0.274. The van der Waals surface area contributed by atoms with Crippen molar-refractivity contribution >= 4 is 52.0 Å². The maximum absolute atomic E-state index is 13.4. The summed E-state index contributed by atoms with van der Waals surface area (Å²) in [5, 5.41) is 0.628. The zero-order chi connectivity index (χ0) is 20.5. The average molecular weight is 423 g/mol. The van der Waals surface area contributed by atoms with E-state index in [0.29, 0.717) is 27.5 Å². The average Bonchev–Trinajstić information content (AvgIpc) is 3.01. The minimum atomic E-state index is -0.418. The van der Waals surface area contributed by atoms with Crippen LogP contribution in [-0.4, -0.2) is 18.9 Å². The number of imide groups is 1. The lowest BCUT2D eigenvalue weighted by molar-refractivity contribution is -0.120. The van der Waals surface area contributed by atoms with Gasteiger partial charge in [0.25, 0.3) is 11.8 Å². The summed E-state index contributed by atoms with van der Waals surface area (Å²) in [5.74, 6) is -0.823. The maximum Gasteiger partial charge on any atom is 0.282 e. The first-order chi connectivity index (χ1) is 14.0. The fraction of sp³-hybridized carbons (Fsp3) is 0.0435. The number of rotatable bonds is 4. The molecule has 4 rings (SSSR count). The van der Waals surface area contributed by atoms with Crippen LogP contribution in [0.4, 0.5) is 11.4 Å². The molecular weight excluding hydrogens is 407 g/mol. The number of nitrogens with zero attached hydrogens (tertiary/aromatic N) is 2. The number of likely N-dealkylation sites (N-methyl/N-ethyl adjacent to an activating group) is 1. The van der Waals surface area contributed by atoms with Gasteiger partial charge in [0.2, 0.25) is 0 Å². The Kier molecular flexibility index (Phi) is 5.14. The van der Waals surface area contributed by atoms with Gasteiger partial charge < -0.3 is 4.90 Å². The highest BCUT2D eigenvalue weighted by molar-refractivity contribution is 6.47. The highest BCUT2D eigenvalue weighted by atomic mass is 35.5. The molecule has 0 fully saturated rings. The van der Waals surface area contributed by atoms with E-state index in [1.165, 1.54) is 6.07 Å². The summed E-state index contributed by atoms with van der Waals surface area (Å²) in [6, 6.07) is 23.3. The second-order valence-electron chi connectivity index (χ2n) is 6.53. The summed E-state index contributed by atoms with van der Waals surface area (Å²) in [6.45, 7) is 0. The molecule has 0 aromatic heterocycles. The SMILES string of the molecule is CN(C1=C(c2ccccc2)C(=O)N(c2ccc(Cl)c(Cl)c2)C1=O)c1ccccc1. The molecule has 29 heavy (non-hydrogen) atoms. The Hall–Kier alpha value is -3.08. The molecule has 0 unspecified atom stereocenters. The maximum atomic E-state index is 13.4. The topological polar surface area (TPSA) is 40.6 Å². The number of hydrogen-bond acceptors (Lipinski definition) is 3. The number of halogens is 2. The van der Waals surface area contributed by atoms with E-state index in [1.807, 2.05) is 60.7 Å². The standard InChI is InChI=1S/C23H16Cl2N2O2/c1-26(16-10-6-3-7-11-16)21-20(15-8-4-2-5-9-15)22(28)27(23(21)29)17-12-13-18(24)19(25)14-17/h2-14H,1H3. The van der Waals surface area contributed by atoms with Crippen LogP contribution in [0.25, 0.3) is 5.57 Å². The van der Waals surface area contributed by atoms with Gasteiger partial charge in [0.05, 0.1) is 21.3 Å². The molecule has 0 N–H and O–H groups in total. The van der Waals surface area contributed by atoms with Gasteiger partial charge in [0, 0.05) is 12.7 Å². The molecule has 4 nitrogen and oxygen atoms in total. The van der Waals surface area contributed by atoms with Crippen LogP contribution in [0, 0.1) is 0 Å². The van der Waals surface area contributed by atoms with Crippen molar-refractivity contribution in [1.82, 2.24) is 0 Å². The lowest BCUT2D eigenvalue weighted by atomic mass is 10.0. The molecule has 1 heterocycles. The molecule has 144 valence electrons. The second kappa shape index (κ2) is 7.74. The first-order valence-corrected chi connectivity index (χ1v) is 9.67. The van der Waals surface area contributed by atoms with Crippen molar-refractivity contribution in [1.29, 1.82) is 0 Å². The van der Waals surface area contributed by atoms with Crippen molar-refractivity contribution in [2.75, 3.05) is 16.8 Å². The van der Waals surface area contributed by atoms with E-state index in [2.05, 4.69) is 0 Å². The van der Waals surface area contributed by atoms with E-state index in [4.69, 9.17) is 23.2 Å². The first-order valence-electron chi connectivity index (χ1n) is 8.91. The molecule has 0 radical (unpaired) electrons. The highest BCUT2D eigenvalue weighted by Gasteiger charge is 2.42. The molecule has 0 saturated carbocycles. The quantitative estimate of drug-likeness (QED) is 0.527. The predicted octanol–water partition coefficient (Wildman–Crippen LogP) is 5.41. The molecule has 0 atom stereocenters. The monoisotopic (exact) mass is 422 g/mol. The van der Waals surface area contributed by atoms with Crippen LogP contribution in [0.5, 0.6) is 0 Å². The first kappa shape index (κ1) is 19.2. The number of hydrogen-bond donors (Lipinski definition) is 0. The van der Waals surface area contributed by atoms with Crippen LogP contribution in [0.1, 0.15) is 5.56 Å². The molecule has 0 aliphatic carbocycles. The lowest BCUT2D eigenvalue weighted by Gasteiger charge is -2.21. The van der Waals surface area contributed by atoms with Crippen molar-refractivity contribution in [2.45, 2.75) is 0 Å². The Bertz CT molecular complexity index is 1130. The summed E-state index contributed by atoms with van der Waals surface area (Å²) in [5.41, 5.74) is 2.49. The van der Waals surface area contributed by atoms with Crippen LogP contribution < -0.4 is 9.80 Å². The van der Waals surface area contributed by atoms with Gasteiger partial charge in [-0.2, -0.15) is 0 Å². The normalized spacial score (nSPS) is 14.0. The van der Waals surface area contributed by atoms with Crippen LogP contribution in [0.15, 0.2) is 84.6 Å². The van der Waals surface area contributed by atoms with Gasteiger partial charge in [-0.1, -0.05) is 71.7 Å². The Balaban J connectivity index is 1.87. The van der Waals surface area contributed by atoms with E-state index in [1.54, 1.807) is 24.1 Å². The number of amides is 2. The summed E-state index contributed by atoms with van der Waals surface area (Å²) >= 11 is 12.1. The van der Waals surface area contributed by atoms with Gasteiger partial charge in [0.15, 0.2) is 0 Å². The van der Waals surface area contributed by atoms with Crippen molar-refractivity contribution in [3.8, 4) is 0 Å². The fourth-order valence-corrected chi connectivity index (χ4v) is 3.63. The summed E-state index contributed by atoms with van der Waals surface area (Å²) < 4.78 is 0. The van der Waals surface area contributed by atoms with Crippen molar-refractivity contribution in [2.24, 2.45) is 0 Å². The van der Waals surface area contributed by atoms with Gasteiger partial charge in [-0.05, 0) is 35.9 Å². The Morgan fingerprint density at radius 2 is 1.38 bits per heavy atom. The molecule has 6 heteroatoms. The summed E-state index contributed by atoms with van der Waals surface area (Å²) in [6.07, 6.45) is 0. The molecule has 0 saturated heterocycles. The van der Waals surface area contributed by atoms with E-state index < -0.39 is 11.8 Å². The predicted molar refractivity (Wildman–Crippen MR) is 117 cm³/mol. The third kappa shape index (κ3) is 3.41. The van der Waals surface area contributed by atoms with Gasteiger partial charge in [-0.15, -0.1) is 0 Å². The van der Waals surface area contributed by atoms with Crippen molar-refractivity contribution in [3.05, 3.63) is 100 Å². The minimum Gasteiger partial charge on any atom is -0.339 e. The second-order valence-corrected chi connectivity index (χ2v) is 7.34. The van der Waals surface area contributed by atoms with Crippen LogP contribution in [0.2, 0.25) is 10.0 Å². The summed E-state index contributed by atoms with van der Waals surface area (Å²) in [4.78, 5) is 29.7. The van der Waals surface area contributed by atoms with Crippen LogP contribution >= 0.6 is 23.2 Å². The van der Waals surface area contributed by atoms with Crippen LogP contribution in [0.3, 0.4) is 0 Å². The Morgan fingerprint density at radius 3 is 2.00 bits per heavy atom. The lowest BCUT2D eigenvalue weighted by Crippen LogP contribution is -2.34. The molecular formula is C23H16Cl2N2O2. The fourth-order valence-electron chi connectivity index (χ4n) is 3.33. The van der Waals surface area contributed by atoms with Crippen molar-refractivity contribution < 1.29 is 9.59 Å². The van der Waals surface area contributed by atoms with Gasteiger partial charge >= 0.3 is 0 Å². The van der Waals surface area contributed by atoms with Gasteiger partial charge in [-0.25, -0.2) is 4.90 Å². The number of para-hydroxylation sites is 1. The molecule has 3 aromatic rings. The molecule has 0 spiro atoms. The Labute approximate surface area is 178 Å². The van der Waals surface area contributed by atoms with Crippen molar-refractivity contribution in [3.63, 3.8) is 0 Å². The molecule has 0 bridgehead atoms. The number of carbonyl (C=O) groups is 2. The number of benzene rings is 3. The smallest absolute Gasteiger partial charge is 0.282 e. The molecule has 1 aliphatic heterocycles. The molecule has 1 aliphatic rings. The van der Waals surface area contributed by atoms with E-state index in [9.17, 15) is 9.59 Å². The van der Waals surface area contributed by atoms with E-state index >= 15 is 0 Å². The van der Waals surface area contributed by atoms with Crippen LogP contribution in [-0.2, 0) is 9.59 Å². The largest absolute Gasteiger partial charge is 0.339 e. The van der Waals surface area contributed by atoms with Gasteiger partial charge in [-0.3, -0.25) is 9.59 Å². The zero-order valence-electron chi connectivity index (χ0n) is 15.5. The van der Waals surface area contributed by atoms with E-state index in [0.717, 1.165) is 10.6 Å². The van der Waals surface area contributed by atoms with Gasteiger partial charge in [0.1, 0.15) is 5.70 Å². The molecule has 2 amide bonds. The molecule has 3 aromatic carbocycles. The zero-order valence-corrected chi connectivity index (χ0v) is 17.0.